The maximum absolute atomic E-state index is 12.3. The molecular weight excluding hydrogens is 284 g/mol. The summed E-state index contributed by atoms with van der Waals surface area (Å²) in [7, 11) is 3.05. The molecule has 3 rings (SSSR count). The molecule has 2 aromatic heterocycles. The summed E-state index contributed by atoms with van der Waals surface area (Å²) < 4.78 is 4.09. The third-order valence-corrected chi connectivity index (χ3v) is 4.28. The van der Waals surface area contributed by atoms with E-state index in [1.807, 2.05) is 4.90 Å². The predicted octanol–water partition coefficient (Wildman–Crippen LogP) is -0.103. The van der Waals surface area contributed by atoms with Gasteiger partial charge in [-0.1, -0.05) is 0 Å². The van der Waals surface area contributed by atoms with Gasteiger partial charge in [-0.2, -0.15) is 0 Å². The number of nitrogens with zero attached hydrogens (tertiary/aromatic N) is 5. The van der Waals surface area contributed by atoms with Gasteiger partial charge < -0.3 is 9.47 Å². The number of hydrogen-bond acceptors (Lipinski definition) is 4. The second-order valence-corrected chi connectivity index (χ2v) is 5.74. The Kier molecular flexibility index (Phi) is 3.59. The number of aromatic nitrogens is 4. The van der Waals surface area contributed by atoms with Crippen molar-refractivity contribution in [1.29, 1.82) is 5.41 Å². The molecule has 1 N–H and O–H groups in total. The Morgan fingerprint density at radius 2 is 1.86 bits per heavy atom. The zero-order chi connectivity index (χ0) is 15.9. The molecule has 0 amide bonds. The van der Waals surface area contributed by atoms with Gasteiger partial charge in [-0.3, -0.25) is 19.3 Å². The van der Waals surface area contributed by atoms with Gasteiger partial charge in [0.15, 0.2) is 11.2 Å². The molecule has 0 saturated carbocycles. The lowest BCUT2D eigenvalue weighted by atomic mass is 10.1. The molecule has 1 fully saturated rings. The maximum atomic E-state index is 12.3. The van der Waals surface area contributed by atoms with Crippen molar-refractivity contribution < 1.29 is 0 Å². The first-order valence-electron chi connectivity index (χ1n) is 7.44. The number of piperidine rings is 1. The molecule has 118 valence electrons. The summed E-state index contributed by atoms with van der Waals surface area (Å²) in [6, 6.07) is 0. The van der Waals surface area contributed by atoms with Crippen molar-refractivity contribution in [3.05, 3.63) is 27.2 Å². The Hall–Kier alpha value is -2.38. The average Bonchev–Trinajstić information content (AvgIpc) is 2.95. The summed E-state index contributed by atoms with van der Waals surface area (Å²) in [4.78, 5) is 30.5. The molecule has 8 nitrogen and oxygen atoms in total. The number of nitrogens with one attached hydrogen (secondary N) is 1. The van der Waals surface area contributed by atoms with Crippen molar-refractivity contribution in [3.63, 3.8) is 0 Å². The first-order valence-corrected chi connectivity index (χ1v) is 7.44. The molecule has 0 atom stereocenters. The van der Waals surface area contributed by atoms with Gasteiger partial charge in [0.05, 0.1) is 12.9 Å². The molecule has 0 aliphatic carbocycles. The lowest BCUT2D eigenvalue weighted by Crippen LogP contribution is -2.39. The van der Waals surface area contributed by atoms with Gasteiger partial charge in [-0.05, 0) is 19.3 Å². The highest BCUT2D eigenvalue weighted by Crippen LogP contribution is 2.11. The number of fused-ring (bicyclic) bond motifs is 1. The Bertz CT molecular complexity index is 837. The van der Waals surface area contributed by atoms with Gasteiger partial charge in [-0.15, -0.1) is 0 Å². The molecule has 1 saturated heterocycles. The normalized spacial score (nSPS) is 15.5. The Labute approximate surface area is 127 Å². The number of aryl methyl sites for hydroxylation is 1. The molecule has 0 unspecified atom stereocenters. The Morgan fingerprint density at radius 3 is 2.55 bits per heavy atom. The van der Waals surface area contributed by atoms with Crippen molar-refractivity contribution in [2.75, 3.05) is 13.1 Å². The average molecular weight is 304 g/mol. The fourth-order valence-corrected chi connectivity index (χ4v) is 2.94. The Morgan fingerprint density at radius 1 is 1.18 bits per heavy atom. The second-order valence-electron chi connectivity index (χ2n) is 5.74. The van der Waals surface area contributed by atoms with Crippen molar-refractivity contribution in [3.8, 4) is 0 Å². The van der Waals surface area contributed by atoms with E-state index >= 15 is 0 Å². The summed E-state index contributed by atoms with van der Waals surface area (Å²) >= 11 is 0. The number of hydrogen-bond donors (Lipinski definition) is 1. The van der Waals surface area contributed by atoms with E-state index in [-0.39, 0.29) is 5.56 Å². The van der Waals surface area contributed by atoms with Crippen molar-refractivity contribution >= 4 is 17.0 Å². The minimum Gasteiger partial charge on any atom is -0.359 e. The lowest BCUT2D eigenvalue weighted by molar-refractivity contribution is 0.332. The highest BCUT2D eigenvalue weighted by Gasteiger charge is 2.18. The van der Waals surface area contributed by atoms with E-state index in [1.54, 1.807) is 11.6 Å². The van der Waals surface area contributed by atoms with Crippen LogP contribution in [-0.4, -0.2) is 42.5 Å². The van der Waals surface area contributed by atoms with Crippen LogP contribution in [0.5, 0.6) is 0 Å². The minimum absolute atomic E-state index is 0.296. The monoisotopic (exact) mass is 304 g/mol. The van der Waals surface area contributed by atoms with Gasteiger partial charge in [-0.25, -0.2) is 9.78 Å². The quantitative estimate of drug-likeness (QED) is 0.619. The predicted molar refractivity (Wildman–Crippen MR) is 83.4 cm³/mol. The number of rotatable bonds is 2. The molecular formula is C14H20N6O2. The minimum atomic E-state index is -0.395. The SMILES string of the molecule is Cn1c(=O)c2c(ncn2CC(=N)N2CCCCC2)n(C)c1=O. The highest BCUT2D eigenvalue weighted by atomic mass is 16.2. The molecule has 1 aliphatic heterocycles. The summed E-state index contributed by atoms with van der Waals surface area (Å²) in [6.45, 7) is 2.08. The molecule has 2 aromatic rings. The fraction of sp³-hybridized carbons (Fsp3) is 0.571. The molecule has 22 heavy (non-hydrogen) atoms. The third kappa shape index (κ3) is 2.24. The van der Waals surface area contributed by atoms with Crippen LogP contribution in [0, 0.1) is 5.41 Å². The van der Waals surface area contributed by atoms with Gasteiger partial charge in [0.1, 0.15) is 5.84 Å². The largest absolute Gasteiger partial charge is 0.359 e. The highest BCUT2D eigenvalue weighted by molar-refractivity contribution is 5.81. The molecule has 0 bridgehead atoms. The summed E-state index contributed by atoms with van der Waals surface area (Å²) in [5, 5.41) is 8.25. The maximum Gasteiger partial charge on any atom is 0.332 e. The summed E-state index contributed by atoms with van der Waals surface area (Å²) in [5.74, 6) is 0.481. The van der Waals surface area contributed by atoms with E-state index in [4.69, 9.17) is 5.41 Å². The van der Waals surface area contributed by atoms with Crippen molar-refractivity contribution in [1.82, 2.24) is 23.6 Å². The van der Waals surface area contributed by atoms with E-state index in [0.717, 1.165) is 30.5 Å². The van der Waals surface area contributed by atoms with E-state index in [0.29, 0.717) is 23.5 Å². The van der Waals surface area contributed by atoms with Crippen LogP contribution in [-0.2, 0) is 20.6 Å². The first-order chi connectivity index (χ1) is 10.5. The first kappa shape index (κ1) is 14.6. The van der Waals surface area contributed by atoms with Crippen LogP contribution in [0.3, 0.4) is 0 Å². The molecule has 1 aliphatic rings. The summed E-state index contributed by atoms with van der Waals surface area (Å²) in [6.07, 6.45) is 4.94. The third-order valence-electron chi connectivity index (χ3n) is 4.28. The molecule has 0 spiro atoms. The van der Waals surface area contributed by atoms with Crippen LogP contribution < -0.4 is 11.2 Å². The number of imidazole rings is 1. The van der Waals surface area contributed by atoms with Crippen LogP contribution in [0.25, 0.3) is 11.2 Å². The van der Waals surface area contributed by atoms with E-state index in [2.05, 4.69) is 4.98 Å². The van der Waals surface area contributed by atoms with Crippen LogP contribution in [0.2, 0.25) is 0 Å². The number of likely N-dealkylation sites (tertiary alicyclic amines) is 1. The van der Waals surface area contributed by atoms with Crippen molar-refractivity contribution in [2.45, 2.75) is 25.8 Å². The molecule has 8 heteroatoms. The van der Waals surface area contributed by atoms with Crippen molar-refractivity contribution in [2.24, 2.45) is 14.1 Å². The zero-order valence-corrected chi connectivity index (χ0v) is 12.9. The smallest absolute Gasteiger partial charge is 0.332 e. The zero-order valence-electron chi connectivity index (χ0n) is 12.9. The molecule has 0 radical (unpaired) electrons. The van der Waals surface area contributed by atoms with Gasteiger partial charge in [0, 0.05) is 27.2 Å². The second kappa shape index (κ2) is 5.43. The topological polar surface area (TPSA) is 88.9 Å². The Balaban J connectivity index is 2.00. The standard InChI is InChI=1S/C14H20N6O2/c1-17-12-11(13(21)18(2)14(17)22)20(9-16-12)8-10(15)19-6-4-3-5-7-19/h9,15H,3-8H2,1-2H3. The van der Waals surface area contributed by atoms with Gasteiger partial charge in [0.25, 0.3) is 5.56 Å². The van der Waals surface area contributed by atoms with E-state index in [9.17, 15) is 9.59 Å². The van der Waals surface area contributed by atoms with Crippen LogP contribution in [0.15, 0.2) is 15.9 Å². The fourth-order valence-electron chi connectivity index (χ4n) is 2.94. The van der Waals surface area contributed by atoms with E-state index in [1.165, 1.54) is 24.4 Å². The van der Waals surface area contributed by atoms with Gasteiger partial charge >= 0.3 is 5.69 Å². The van der Waals surface area contributed by atoms with Crippen LogP contribution in [0.4, 0.5) is 0 Å². The lowest BCUT2D eigenvalue weighted by Gasteiger charge is -2.29. The van der Waals surface area contributed by atoms with Crippen LogP contribution >= 0.6 is 0 Å². The summed E-state index contributed by atoms with van der Waals surface area (Å²) in [5.41, 5.74) is -0.0400. The molecule has 3 heterocycles. The van der Waals surface area contributed by atoms with E-state index < -0.39 is 5.69 Å². The molecule has 0 aromatic carbocycles. The van der Waals surface area contributed by atoms with Crippen LogP contribution in [0.1, 0.15) is 19.3 Å². The number of amidine groups is 1. The van der Waals surface area contributed by atoms with Gasteiger partial charge in [0.2, 0.25) is 0 Å².